The summed E-state index contributed by atoms with van der Waals surface area (Å²) in [5.74, 6) is -0.0695. The van der Waals surface area contributed by atoms with E-state index in [0.29, 0.717) is 29.3 Å². The van der Waals surface area contributed by atoms with Gasteiger partial charge in [0.1, 0.15) is 11.4 Å². The second-order valence-corrected chi connectivity index (χ2v) is 8.04. The van der Waals surface area contributed by atoms with Gasteiger partial charge in [-0.05, 0) is 54.5 Å². The van der Waals surface area contributed by atoms with Gasteiger partial charge in [-0.25, -0.2) is 0 Å². The van der Waals surface area contributed by atoms with Crippen molar-refractivity contribution in [3.8, 4) is 5.75 Å². The Morgan fingerprint density at radius 3 is 2.56 bits per heavy atom. The van der Waals surface area contributed by atoms with Crippen LogP contribution in [0.4, 0.5) is 0 Å². The Labute approximate surface area is 202 Å². The van der Waals surface area contributed by atoms with Crippen LogP contribution in [0.1, 0.15) is 21.5 Å². The number of hydrogen-bond acceptors (Lipinski definition) is 3. The number of carbonyl (C=O) groups is 2. The number of carbonyl (C=O) groups excluding carboxylic acids is 2. The van der Waals surface area contributed by atoms with E-state index in [1.807, 2.05) is 48.5 Å². The number of ether oxygens (including phenoxy) is 1. The van der Waals surface area contributed by atoms with Crippen LogP contribution in [0.2, 0.25) is 5.02 Å². The molecular weight excluding hydrogens is 450 g/mol. The molecule has 1 heterocycles. The van der Waals surface area contributed by atoms with Gasteiger partial charge in [0.15, 0.2) is 0 Å². The van der Waals surface area contributed by atoms with Crippen LogP contribution in [0.15, 0.2) is 84.7 Å². The van der Waals surface area contributed by atoms with Crippen molar-refractivity contribution in [3.63, 3.8) is 0 Å². The molecule has 0 unspecified atom stereocenters. The molecule has 1 aromatic heterocycles. The van der Waals surface area contributed by atoms with Gasteiger partial charge in [0.25, 0.3) is 11.8 Å². The van der Waals surface area contributed by atoms with E-state index in [9.17, 15) is 9.59 Å². The third kappa shape index (κ3) is 5.47. The van der Waals surface area contributed by atoms with Gasteiger partial charge in [0.2, 0.25) is 0 Å². The minimum atomic E-state index is -0.395. The fourth-order valence-corrected chi connectivity index (χ4v) is 3.80. The zero-order valence-electron chi connectivity index (χ0n) is 18.6. The minimum Gasteiger partial charge on any atom is -0.497 e. The number of benzene rings is 3. The molecule has 0 aliphatic rings. The average molecular weight is 474 g/mol. The van der Waals surface area contributed by atoms with Gasteiger partial charge in [-0.3, -0.25) is 9.59 Å². The molecule has 0 aliphatic heterocycles. The van der Waals surface area contributed by atoms with Crippen LogP contribution in [0.5, 0.6) is 5.75 Å². The molecule has 34 heavy (non-hydrogen) atoms. The van der Waals surface area contributed by atoms with Gasteiger partial charge in [0, 0.05) is 39.8 Å². The molecule has 0 fully saturated rings. The van der Waals surface area contributed by atoms with Gasteiger partial charge in [-0.15, -0.1) is 0 Å². The van der Waals surface area contributed by atoms with Crippen LogP contribution in [-0.4, -0.2) is 30.5 Å². The zero-order valence-corrected chi connectivity index (χ0v) is 19.4. The first kappa shape index (κ1) is 23.1. The van der Waals surface area contributed by atoms with Crippen LogP contribution < -0.4 is 15.4 Å². The second-order valence-electron chi connectivity index (χ2n) is 7.63. The van der Waals surface area contributed by atoms with Crippen molar-refractivity contribution in [1.82, 2.24) is 15.6 Å². The molecule has 0 bridgehead atoms. The SMILES string of the molecule is COc1ccc2[nH]cc(/C=C(/NC(=O)c3ccccc3)C(=O)NCCc3ccccc3Cl)c2c1. The van der Waals surface area contributed by atoms with Crippen LogP contribution in [0, 0.1) is 0 Å². The predicted octanol–water partition coefficient (Wildman–Crippen LogP) is 4.96. The standard InChI is InChI=1S/C27H24ClN3O3/c1-34-21-11-12-24-22(16-21)20(17-30-24)15-25(31-26(32)19-8-3-2-4-9-19)27(33)29-14-13-18-7-5-6-10-23(18)28/h2-12,15-17,30H,13-14H2,1H3,(H,29,33)(H,31,32)/b25-15+. The molecule has 6 nitrogen and oxygen atoms in total. The van der Waals surface area contributed by atoms with Crippen molar-refractivity contribution < 1.29 is 14.3 Å². The molecule has 0 spiro atoms. The topological polar surface area (TPSA) is 83.2 Å². The molecule has 3 N–H and O–H groups in total. The van der Waals surface area contributed by atoms with Gasteiger partial charge in [-0.2, -0.15) is 0 Å². The molecule has 172 valence electrons. The molecule has 4 aromatic rings. The van der Waals surface area contributed by atoms with E-state index in [-0.39, 0.29) is 11.6 Å². The number of hydrogen-bond donors (Lipinski definition) is 3. The van der Waals surface area contributed by atoms with Crippen LogP contribution in [0.3, 0.4) is 0 Å². The van der Waals surface area contributed by atoms with Crippen molar-refractivity contribution in [3.05, 3.63) is 106 Å². The van der Waals surface area contributed by atoms with Crippen molar-refractivity contribution in [2.24, 2.45) is 0 Å². The van der Waals surface area contributed by atoms with E-state index in [2.05, 4.69) is 15.6 Å². The van der Waals surface area contributed by atoms with Gasteiger partial charge < -0.3 is 20.4 Å². The maximum Gasteiger partial charge on any atom is 0.267 e. The van der Waals surface area contributed by atoms with Crippen LogP contribution in [0.25, 0.3) is 17.0 Å². The summed E-state index contributed by atoms with van der Waals surface area (Å²) in [7, 11) is 1.60. The van der Waals surface area contributed by atoms with E-state index in [0.717, 1.165) is 22.0 Å². The van der Waals surface area contributed by atoms with Crippen molar-refractivity contribution in [2.75, 3.05) is 13.7 Å². The number of amides is 2. The van der Waals surface area contributed by atoms with E-state index >= 15 is 0 Å². The molecular formula is C27H24ClN3O3. The van der Waals surface area contributed by atoms with Crippen LogP contribution in [-0.2, 0) is 11.2 Å². The summed E-state index contributed by atoms with van der Waals surface area (Å²) in [6, 6.07) is 21.9. The zero-order chi connectivity index (χ0) is 23.9. The molecule has 0 saturated heterocycles. The number of H-pyrrole nitrogens is 1. The largest absolute Gasteiger partial charge is 0.497 e. The van der Waals surface area contributed by atoms with Gasteiger partial charge in [-0.1, -0.05) is 48.0 Å². The lowest BCUT2D eigenvalue weighted by molar-refractivity contribution is -0.117. The van der Waals surface area contributed by atoms with Crippen molar-refractivity contribution >= 4 is 40.4 Å². The highest BCUT2D eigenvalue weighted by atomic mass is 35.5. The van der Waals surface area contributed by atoms with E-state index < -0.39 is 5.91 Å². The molecule has 0 radical (unpaired) electrons. The number of fused-ring (bicyclic) bond motifs is 1. The monoisotopic (exact) mass is 473 g/mol. The first-order valence-corrected chi connectivity index (χ1v) is 11.2. The Morgan fingerprint density at radius 1 is 1.03 bits per heavy atom. The summed E-state index contributed by atoms with van der Waals surface area (Å²) < 4.78 is 5.33. The first-order chi connectivity index (χ1) is 16.5. The molecule has 0 aliphatic carbocycles. The summed E-state index contributed by atoms with van der Waals surface area (Å²) in [6.45, 7) is 0.364. The Hall–Kier alpha value is -4.03. The molecule has 0 atom stereocenters. The Bertz CT molecular complexity index is 1350. The Balaban J connectivity index is 1.59. The Morgan fingerprint density at radius 2 is 1.79 bits per heavy atom. The smallest absolute Gasteiger partial charge is 0.267 e. The first-order valence-electron chi connectivity index (χ1n) is 10.8. The molecule has 7 heteroatoms. The van der Waals surface area contributed by atoms with E-state index in [1.54, 1.807) is 43.6 Å². The number of methoxy groups -OCH3 is 1. The average Bonchev–Trinajstić information content (AvgIpc) is 3.27. The van der Waals surface area contributed by atoms with E-state index in [4.69, 9.17) is 16.3 Å². The van der Waals surface area contributed by atoms with Gasteiger partial charge in [0.05, 0.1) is 7.11 Å². The fraction of sp³-hybridized carbons (Fsp3) is 0.111. The lowest BCUT2D eigenvalue weighted by Crippen LogP contribution is -2.35. The van der Waals surface area contributed by atoms with Gasteiger partial charge >= 0.3 is 0 Å². The second kappa shape index (κ2) is 10.7. The summed E-state index contributed by atoms with van der Waals surface area (Å²) >= 11 is 6.22. The summed E-state index contributed by atoms with van der Waals surface area (Å²) in [5.41, 5.74) is 3.17. The minimum absolute atomic E-state index is 0.136. The number of nitrogens with one attached hydrogen (secondary N) is 3. The molecule has 3 aromatic carbocycles. The highest BCUT2D eigenvalue weighted by Gasteiger charge is 2.16. The number of aromatic amines is 1. The van der Waals surface area contributed by atoms with Crippen molar-refractivity contribution in [2.45, 2.75) is 6.42 Å². The summed E-state index contributed by atoms with van der Waals surface area (Å²) in [6.07, 6.45) is 4.01. The fourth-order valence-electron chi connectivity index (χ4n) is 3.57. The maximum atomic E-state index is 13.1. The van der Waals surface area contributed by atoms with E-state index in [1.165, 1.54) is 0 Å². The maximum absolute atomic E-state index is 13.1. The Kier molecular flexibility index (Phi) is 7.30. The predicted molar refractivity (Wildman–Crippen MR) is 135 cm³/mol. The van der Waals surface area contributed by atoms with Crippen molar-refractivity contribution in [1.29, 1.82) is 0 Å². The summed E-state index contributed by atoms with van der Waals surface area (Å²) in [5, 5.41) is 7.17. The lowest BCUT2D eigenvalue weighted by atomic mass is 10.1. The normalized spacial score (nSPS) is 11.3. The third-order valence-electron chi connectivity index (χ3n) is 5.39. The molecule has 2 amide bonds. The third-order valence-corrected chi connectivity index (χ3v) is 5.76. The quantitative estimate of drug-likeness (QED) is 0.316. The molecule has 0 saturated carbocycles. The van der Waals surface area contributed by atoms with Crippen LogP contribution >= 0.6 is 11.6 Å². The highest BCUT2D eigenvalue weighted by Crippen LogP contribution is 2.25. The number of aromatic nitrogens is 1. The molecule has 4 rings (SSSR count). The lowest BCUT2D eigenvalue weighted by Gasteiger charge is -2.12. The summed E-state index contributed by atoms with van der Waals surface area (Å²) in [4.78, 5) is 29.1. The highest BCUT2D eigenvalue weighted by molar-refractivity contribution is 6.31. The number of rotatable bonds is 8. The number of halogens is 1.